The van der Waals surface area contributed by atoms with Gasteiger partial charge in [-0.15, -0.1) is 0 Å². The summed E-state index contributed by atoms with van der Waals surface area (Å²) >= 11 is 0. The highest BCUT2D eigenvalue weighted by molar-refractivity contribution is 5.63. The van der Waals surface area contributed by atoms with E-state index in [1.807, 2.05) is 25.4 Å². The number of nitrogens with two attached hydrogens (primary N) is 1. The Balaban J connectivity index is 1.69. The molecular weight excluding hydrogens is 340 g/mol. The first kappa shape index (κ1) is 17.2. The Labute approximate surface area is 156 Å². The van der Waals surface area contributed by atoms with Crippen LogP contribution in [-0.2, 0) is 26.4 Å². The lowest BCUT2D eigenvalue weighted by Crippen LogP contribution is -2.33. The van der Waals surface area contributed by atoms with Crippen LogP contribution < -0.4 is 11.3 Å². The molecule has 0 bridgehead atoms. The van der Waals surface area contributed by atoms with Crippen LogP contribution >= 0.6 is 0 Å². The zero-order valence-electron chi connectivity index (χ0n) is 15.1. The van der Waals surface area contributed by atoms with Gasteiger partial charge in [-0.3, -0.25) is 9.48 Å². The second-order valence-electron chi connectivity index (χ2n) is 6.98. The number of hydrogen-bond donors (Lipinski definition) is 1. The molecule has 2 N–H and O–H groups in total. The molecule has 136 valence electrons. The predicted octanol–water partition coefficient (Wildman–Crippen LogP) is 1.38. The molecule has 3 aromatic rings. The number of fused-ring (bicyclic) bond motifs is 1. The third-order valence-electron chi connectivity index (χ3n) is 4.91. The van der Waals surface area contributed by atoms with Crippen LogP contribution in [0.1, 0.15) is 28.8 Å². The summed E-state index contributed by atoms with van der Waals surface area (Å²) in [6.45, 7) is 0.349. The number of hydrogen-bond acceptors (Lipinski definition) is 5. The van der Waals surface area contributed by atoms with E-state index in [0.717, 1.165) is 40.9 Å². The van der Waals surface area contributed by atoms with E-state index in [9.17, 15) is 4.79 Å². The minimum atomic E-state index is -0.127. The maximum atomic E-state index is 12.5. The summed E-state index contributed by atoms with van der Waals surface area (Å²) in [6.07, 6.45) is 4.30. The molecule has 0 aliphatic heterocycles. The predicted molar refractivity (Wildman–Crippen MR) is 101 cm³/mol. The Morgan fingerprint density at radius 2 is 2.07 bits per heavy atom. The van der Waals surface area contributed by atoms with Gasteiger partial charge >= 0.3 is 0 Å². The largest absolute Gasteiger partial charge is 0.327 e. The maximum Gasteiger partial charge on any atom is 0.267 e. The van der Waals surface area contributed by atoms with Gasteiger partial charge in [0, 0.05) is 36.5 Å². The molecule has 1 aromatic carbocycles. The van der Waals surface area contributed by atoms with Crippen LogP contribution in [0.15, 0.2) is 41.3 Å². The van der Waals surface area contributed by atoms with E-state index < -0.39 is 0 Å². The fourth-order valence-electron chi connectivity index (χ4n) is 3.53. The molecule has 27 heavy (non-hydrogen) atoms. The molecule has 1 unspecified atom stereocenters. The van der Waals surface area contributed by atoms with Crippen molar-refractivity contribution >= 4 is 0 Å². The maximum absolute atomic E-state index is 12.5. The van der Waals surface area contributed by atoms with E-state index in [-0.39, 0.29) is 11.6 Å². The molecule has 0 fully saturated rings. The number of rotatable bonds is 3. The molecule has 0 amide bonds. The fourth-order valence-corrected chi connectivity index (χ4v) is 3.53. The van der Waals surface area contributed by atoms with Gasteiger partial charge in [-0.25, -0.2) is 4.68 Å². The number of aryl methyl sites for hydroxylation is 2. The van der Waals surface area contributed by atoms with Crippen molar-refractivity contribution in [1.82, 2.24) is 19.6 Å². The minimum Gasteiger partial charge on any atom is -0.327 e. The van der Waals surface area contributed by atoms with Gasteiger partial charge in [0.15, 0.2) is 0 Å². The van der Waals surface area contributed by atoms with Crippen LogP contribution in [0, 0.1) is 11.3 Å². The average Bonchev–Trinajstić information content (AvgIpc) is 3.03. The first-order valence-electron chi connectivity index (χ1n) is 8.92. The molecule has 0 spiro atoms. The molecule has 0 saturated carbocycles. The van der Waals surface area contributed by atoms with Crippen LogP contribution in [0.5, 0.6) is 0 Å². The van der Waals surface area contributed by atoms with Crippen molar-refractivity contribution in [3.63, 3.8) is 0 Å². The van der Waals surface area contributed by atoms with E-state index in [2.05, 4.69) is 16.3 Å². The van der Waals surface area contributed by atoms with E-state index in [1.165, 1.54) is 4.68 Å². The molecule has 0 radical (unpaired) electrons. The molecule has 2 heterocycles. The Morgan fingerprint density at radius 1 is 1.30 bits per heavy atom. The smallest absolute Gasteiger partial charge is 0.267 e. The van der Waals surface area contributed by atoms with Crippen LogP contribution in [0.2, 0.25) is 0 Å². The van der Waals surface area contributed by atoms with Crippen molar-refractivity contribution in [2.24, 2.45) is 12.8 Å². The fraction of sp³-hybridized carbons (Fsp3) is 0.300. The minimum absolute atomic E-state index is 0.107. The quantitative estimate of drug-likeness (QED) is 0.760. The second-order valence-corrected chi connectivity index (χ2v) is 6.98. The highest BCUT2D eigenvalue weighted by Gasteiger charge is 2.19. The van der Waals surface area contributed by atoms with Gasteiger partial charge in [-0.05, 0) is 37.0 Å². The first-order valence-corrected chi connectivity index (χ1v) is 8.92. The van der Waals surface area contributed by atoms with Gasteiger partial charge in [0.25, 0.3) is 5.56 Å². The second kappa shape index (κ2) is 6.82. The number of benzene rings is 1. The Bertz CT molecular complexity index is 1090. The lowest BCUT2D eigenvalue weighted by molar-refractivity contribution is 0.529. The molecular formula is C20H20N6O. The van der Waals surface area contributed by atoms with Gasteiger partial charge in [0.05, 0.1) is 29.6 Å². The molecule has 1 atom stereocenters. The average molecular weight is 360 g/mol. The van der Waals surface area contributed by atoms with Crippen LogP contribution in [0.25, 0.3) is 11.3 Å². The molecule has 7 heteroatoms. The van der Waals surface area contributed by atoms with Gasteiger partial charge in [-0.1, -0.05) is 12.1 Å². The SMILES string of the molecule is Cn1cc(Cn2nc3c(cc2=O)CC(N)CC3)c(-c2ccc(C#N)cc2)n1. The highest BCUT2D eigenvalue weighted by atomic mass is 16.1. The van der Waals surface area contributed by atoms with Gasteiger partial charge in [0.1, 0.15) is 0 Å². The van der Waals surface area contributed by atoms with Crippen molar-refractivity contribution in [1.29, 1.82) is 5.26 Å². The zero-order valence-corrected chi connectivity index (χ0v) is 15.1. The van der Waals surface area contributed by atoms with Crippen molar-refractivity contribution < 1.29 is 0 Å². The lowest BCUT2D eigenvalue weighted by Gasteiger charge is -2.20. The summed E-state index contributed by atoms with van der Waals surface area (Å²) in [7, 11) is 1.85. The number of aromatic nitrogens is 4. The van der Waals surface area contributed by atoms with Gasteiger partial charge in [-0.2, -0.15) is 15.5 Å². The zero-order chi connectivity index (χ0) is 19.0. The Morgan fingerprint density at radius 3 is 2.81 bits per heavy atom. The summed E-state index contributed by atoms with van der Waals surface area (Å²) in [5.74, 6) is 0. The third kappa shape index (κ3) is 3.39. The first-order chi connectivity index (χ1) is 13.0. The Hall–Kier alpha value is -3.24. The normalized spacial score (nSPS) is 16.0. The van der Waals surface area contributed by atoms with Crippen molar-refractivity contribution in [2.45, 2.75) is 31.8 Å². The summed E-state index contributed by atoms with van der Waals surface area (Å²) in [4.78, 5) is 12.5. The van der Waals surface area contributed by atoms with Crippen molar-refractivity contribution in [3.05, 3.63) is 69.3 Å². The van der Waals surface area contributed by atoms with Crippen LogP contribution in [-0.4, -0.2) is 25.6 Å². The molecule has 2 aromatic heterocycles. The van der Waals surface area contributed by atoms with E-state index in [0.29, 0.717) is 18.5 Å². The van der Waals surface area contributed by atoms with Gasteiger partial charge < -0.3 is 5.73 Å². The number of nitrogens with zero attached hydrogens (tertiary/aromatic N) is 5. The summed E-state index contributed by atoms with van der Waals surface area (Å²) in [5.41, 5.74) is 11.0. The molecule has 1 aliphatic carbocycles. The molecule has 7 nitrogen and oxygen atoms in total. The molecule has 1 aliphatic rings. The van der Waals surface area contributed by atoms with Crippen LogP contribution in [0.3, 0.4) is 0 Å². The van der Waals surface area contributed by atoms with Crippen molar-refractivity contribution in [3.8, 4) is 17.3 Å². The van der Waals surface area contributed by atoms with E-state index >= 15 is 0 Å². The standard InChI is InChI=1S/C20H20N6O/c1-25-11-16(20(24-25)14-4-2-13(10-21)3-5-14)12-26-19(27)9-15-8-17(22)6-7-18(15)23-26/h2-5,9,11,17H,6-8,12,22H2,1H3. The topological polar surface area (TPSA) is 103 Å². The summed E-state index contributed by atoms with van der Waals surface area (Å²) in [6, 6.07) is 11.2. The van der Waals surface area contributed by atoms with E-state index in [4.69, 9.17) is 11.0 Å². The van der Waals surface area contributed by atoms with Gasteiger partial charge in [0.2, 0.25) is 0 Å². The highest BCUT2D eigenvalue weighted by Crippen LogP contribution is 2.23. The lowest BCUT2D eigenvalue weighted by atomic mass is 9.93. The Kier molecular flexibility index (Phi) is 4.34. The monoisotopic (exact) mass is 360 g/mol. The van der Waals surface area contributed by atoms with Crippen LogP contribution in [0.4, 0.5) is 0 Å². The summed E-state index contributed by atoms with van der Waals surface area (Å²) < 4.78 is 3.23. The van der Waals surface area contributed by atoms with E-state index in [1.54, 1.807) is 22.9 Å². The van der Waals surface area contributed by atoms with Crippen molar-refractivity contribution in [2.75, 3.05) is 0 Å². The number of nitriles is 1. The molecule has 0 saturated heterocycles. The summed E-state index contributed by atoms with van der Waals surface area (Å²) in [5, 5.41) is 18.1. The molecule has 4 rings (SSSR count). The third-order valence-corrected chi connectivity index (χ3v) is 4.91.